The van der Waals surface area contributed by atoms with E-state index in [9.17, 15) is 4.79 Å². The van der Waals surface area contributed by atoms with Crippen molar-refractivity contribution < 1.29 is 4.79 Å². The Morgan fingerprint density at radius 2 is 1.77 bits per heavy atom. The Bertz CT molecular complexity index is 1020. The SMILES string of the molecule is O=C(Cc1ccc(-n2cnnn2)cc1)NCc1cccc2ccccc12. The quantitative estimate of drug-likeness (QED) is 0.605. The predicted molar refractivity (Wildman–Crippen MR) is 98.7 cm³/mol. The van der Waals surface area contributed by atoms with Crippen LogP contribution in [0.3, 0.4) is 0 Å². The van der Waals surface area contributed by atoms with Gasteiger partial charge in [-0.05, 0) is 44.5 Å². The Labute approximate surface area is 150 Å². The van der Waals surface area contributed by atoms with Crippen LogP contribution in [0.2, 0.25) is 0 Å². The van der Waals surface area contributed by atoms with Gasteiger partial charge in [0, 0.05) is 6.54 Å². The Morgan fingerprint density at radius 3 is 2.58 bits per heavy atom. The minimum absolute atomic E-state index is 0.00638. The number of hydrogen-bond acceptors (Lipinski definition) is 4. The van der Waals surface area contributed by atoms with Crippen LogP contribution in [-0.2, 0) is 17.8 Å². The lowest BCUT2D eigenvalue weighted by molar-refractivity contribution is -0.120. The molecule has 26 heavy (non-hydrogen) atoms. The summed E-state index contributed by atoms with van der Waals surface area (Å²) in [6, 6.07) is 21.9. The number of hydrogen-bond donors (Lipinski definition) is 1. The number of nitrogens with one attached hydrogen (secondary N) is 1. The summed E-state index contributed by atoms with van der Waals surface area (Å²) in [7, 11) is 0. The predicted octanol–water partition coefficient (Wildman–Crippen LogP) is 2.67. The van der Waals surface area contributed by atoms with Crippen molar-refractivity contribution in [2.24, 2.45) is 0 Å². The lowest BCUT2D eigenvalue weighted by Gasteiger charge is -2.09. The topological polar surface area (TPSA) is 72.7 Å². The van der Waals surface area contributed by atoms with E-state index in [1.807, 2.05) is 48.5 Å². The maximum atomic E-state index is 12.3. The fourth-order valence-electron chi connectivity index (χ4n) is 2.93. The Kier molecular flexibility index (Phi) is 4.38. The average Bonchev–Trinajstić information content (AvgIpc) is 3.22. The van der Waals surface area contributed by atoms with Crippen molar-refractivity contribution in [2.45, 2.75) is 13.0 Å². The van der Waals surface area contributed by atoms with Gasteiger partial charge in [-0.1, -0.05) is 54.6 Å². The number of benzene rings is 3. The van der Waals surface area contributed by atoms with E-state index in [1.54, 1.807) is 4.68 Å². The molecular formula is C20H17N5O. The van der Waals surface area contributed by atoms with E-state index in [4.69, 9.17) is 0 Å². The summed E-state index contributed by atoms with van der Waals surface area (Å²) in [6.07, 6.45) is 1.87. The van der Waals surface area contributed by atoms with Gasteiger partial charge in [-0.25, -0.2) is 4.68 Å². The van der Waals surface area contributed by atoms with E-state index in [1.165, 1.54) is 17.1 Å². The molecule has 1 amide bonds. The van der Waals surface area contributed by atoms with Gasteiger partial charge in [0.2, 0.25) is 5.91 Å². The average molecular weight is 343 g/mol. The molecule has 1 N–H and O–H groups in total. The van der Waals surface area contributed by atoms with Crippen molar-refractivity contribution in [2.75, 3.05) is 0 Å². The van der Waals surface area contributed by atoms with Crippen LogP contribution in [0, 0.1) is 0 Å². The second kappa shape index (κ2) is 7.14. The van der Waals surface area contributed by atoms with Crippen molar-refractivity contribution >= 4 is 16.7 Å². The van der Waals surface area contributed by atoms with Crippen LogP contribution in [0.1, 0.15) is 11.1 Å². The van der Waals surface area contributed by atoms with Crippen molar-refractivity contribution in [1.82, 2.24) is 25.5 Å². The first-order valence-corrected chi connectivity index (χ1v) is 8.35. The number of tetrazole rings is 1. The van der Waals surface area contributed by atoms with Gasteiger partial charge in [-0.15, -0.1) is 5.10 Å². The van der Waals surface area contributed by atoms with E-state index in [0.717, 1.165) is 16.8 Å². The molecule has 1 heterocycles. The van der Waals surface area contributed by atoms with Gasteiger partial charge in [0.05, 0.1) is 12.1 Å². The zero-order chi connectivity index (χ0) is 17.8. The first-order chi connectivity index (χ1) is 12.8. The number of fused-ring (bicyclic) bond motifs is 1. The molecule has 6 heteroatoms. The summed E-state index contributed by atoms with van der Waals surface area (Å²) in [4.78, 5) is 12.3. The van der Waals surface area contributed by atoms with Gasteiger partial charge in [0.1, 0.15) is 6.33 Å². The lowest BCUT2D eigenvalue weighted by atomic mass is 10.0. The molecule has 6 nitrogen and oxygen atoms in total. The van der Waals surface area contributed by atoms with Crippen molar-refractivity contribution in [3.8, 4) is 5.69 Å². The molecule has 1 aromatic heterocycles. The van der Waals surface area contributed by atoms with Gasteiger partial charge in [-0.2, -0.15) is 0 Å². The molecule has 0 atom stereocenters. The molecule has 0 saturated heterocycles. The van der Waals surface area contributed by atoms with Crippen molar-refractivity contribution in [3.05, 3.63) is 84.2 Å². The van der Waals surface area contributed by atoms with Crippen LogP contribution in [0.4, 0.5) is 0 Å². The lowest BCUT2D eigenvalue weighted by Crippen LogP contribution is -2.24. The third-order valence-electron chi connectivity index (χ3n) is 4.27. The van der Waals surface area contributed by atoms with Crippen LogP contribution in [0.25, 0.3) is 16.5 Å². The molecule has 4 aromatic rings. The second-order valence-electron chi connectivity index (χ2n) is 6.01. The minimum Gasteiger partial charge on any atom is -0.352 e. The molecule has 0 fully saturated rings. The van der Waals surface area contributed by atoms with E-state index < -0.39 is 0 Å². The molecule has 0 saturated carbocycles. The summed E-state index contributed by atoms with van der Waals surface area (Å²) < 4.78 is 1.57. The molecule has 4 rings (SSSR count). The highest BCUT2D eigenvalue weighted by Crippen LogP contribution is 2.18. The zero-order valence-corrected chi connectivity index (χ0v) is 14.0. The van der Waals surface area contributed by atoms with Crippen LogP contribution in [0.15, 0.2) is 73.1 Å². The van der Waals surface area contributed by atoms with Gasteiger partial charge in [0.25, 0.3) is 0 Å². The third-order valence-corrected chi connectivity index (χ3v) is 4.27. The summed E-state index contributed by atoms with van der Waals surface area (Å²) in [5.41, 5.74) is 2.91. The Morgan fingerprint density at radius 1 is 0.962 bits per heavy atom. The van der Waals surface area contributed by atoms with Gasteiger partial charge >= 0.3 is 0 Å². The number of amides is 1. The standard InChI is InChI=1S/C20H17N5O/c26-20(12-15-8-10-18(11-9-15)25-14-22-23-24-25)21-13-17-6-3-5-16-4-1-2-7-19(16)17/h1-11,14H,12-13H2,(H,21,26). The Hall–Kier alpha value is -3.54. The molecule has 0 unspecified atom stereocenters. The Balaban J connectivity index is 1.39. The zero-order valence-electron chi connectivity index (χ0n) is 14.0. The normalized spacial score (nSPS) is 10.8. The number of carbonyl (C=O) groups is 1. The first-order valence-electron chi connectivity index (χ1n) is 8.35. The van der Waals surface area contributed by atoms with E-state index in [2.05, 4.69) is 39.0 Å². The maximum Gasteiger partial charge on any atom is 0.224 e. The van der Waals surface area contributed by atoms with E-state index in [0.29, 0.717) is 13.0 Å². The number of rotatable bonds is 5. The molecule has 0 aliphatic carbocycles. The summed E-state index contributed by atoms with van der Waals surface area (Å²) >= 11 is 0. The number of carbonyl (C=O) groups excluding carboxylic acids is 1. The highest BCUT2D eigenvalue weighted by molar-refractivity contribution is 5.86. The second-order valence-corrected chi connectivity index (χ2v) is 6.01. The van der Waals surface area contributed by atoms with Gasteiger partial charge < -0.3 is 5.32 Å². The molecule has 0 bridgehead atoms. The van der Waals surface area contributed by atoms with Gasteiger partial charge in [0.15, 0.2) is 0 Å². The molecule has 128 valence electrons. The molecule has 3 aromatic carbocycles. The monoisotopic (exact) mass is 343 g/mol. The van der Waals surface area contributed by atoms with E-state index in [-0.39, 0.29) is 5.91 Å². The smallest absolute Gasteiger partial charge is 0.224 e. The highest BCUT2D eigenvalue weighted by Gasteiger charge is 2.06. The summed E-state index contributed by atoms with van der Waals surface area (Å²) in [6.45, 7) is 0.517. The highest BCUT2D eigenvalue weighted by atomic mass is 16.1. The largest absolute Gasteiger partial charge is 0.352 e. The van der Waals surface area contributed by atoms with Crippen molar-refractivity contribution in [3.63, 3.8) is 0 Å². The number of aromatic nitrogens is 4. The number of nitrogens with zero attached hydrogens (tertiary/aromatic N) is 4. The van der Waals surface area contributed by atoms with Crippen LogP contribution in [0.5, 0.6) is 0 Å². The summed E-state index contributed by atoms with van der Waals surface area (Å²) in [5, 5.41) is 16.4. The fraction of sp³-hybridized carbons (Fsp3) is 0.100. The molecule has 0 aliphatic heterocycles. The summed E-state index contributed by atoms with van der Waals surface area (Å²) in [5.74, 6) is -0.00638. The van der Waals surface area contributed by atoms with Crippen molar-refractivity contribution in [1.29, 1.82) is 0 Å². The van der Waals surface area contributed by atoms with Crippen LogP contribution in [-0.4, -0.2) is 26.1 Å². The minimum atomic E-state index is -0.00638. The van der Waals surface area contributed by atoms with Crippen LogP contribution >= 0.6 is 0 Å². The first kappa shape index (κ1) is 16.0. The fourth-order valence-corrected chi connectivity index (χ4v) is 2.93. The maximum absolute atomic E-state index is 12.3. The van der Waals surface area contributed by atoms with Crippen LogP contribution < -0.4 is 5.32 Å². The molecular weight excluding hydrogens is 326 g/mol. The van der Waals surface area contributed by atoms with Gasteiger partial charge in [-0.3, -0.25) is 4.79 Å². The third kappa shape index (κ3) is 3.44. The molecule has 0 spiro atoms. The molecule has 0 radical (unpaired) electrons. The van der Waals surface area contributed by atoms with E-state index >= 15 is 0 Å². The molecule has 0 aliphatic rings.